The number of hydrogen-bond acceptors (Lipinski definition) is 4. The van der Waals surface area contributed by atoms with Crippen molar-refractivity contribution in [3.63, 3.8) is 0 Å². The van der Waals surface area contributed by atoms with Gasteiger partial charge in [0.1, 0.15) is 5.75 Å². The number of fused-ring (bicyclic) bond motifs is 1. The lowest BCUT2D eigenvalue weighted by atomic mass is 9.78. The van der Waals surface area contributed by atoms with Crippen molar-refractivity contribution in [1.82, 2.24) is 0 Å². The summed E-state index contributed by atoms with van der Waals surface area (Å²) in [6.45, 7) is 13.0. The maximum atomic E-state index is 13.4. The zero-order valence-electron chi connectivity index (χ0n) is 19.8. The number of rotatable bonds is 4. The number of anilines is 1. The number of benzene rings is 2. The fraction of sp³-hybridized carbons (Fsp3) is 0.407. The summed E-state index contributed by atoms with van der Waals surface area (Å²) >= 11 is 1.48. The monoisotopic (exact) mass is 448 g/mol. The van der Waals surface area contributed by atoms with Gasteiger partial charge >= 0.3 is 0 Å². The third-order valence-corrected chi connectivity index (χ3v) is 6.63. The van der Waals surface area contributed by atoms with Crippen LogP contribution in [0.15, 0.2) is 46.2 Å². The lowest BCUT2D eigenvalue weighted by Gasteiger charge is -2.30. The lowest BCUT2D eigenvalue weighted by molar-refractivity contribution is -0.114. The van der Waals surface area contributed by atoms with Crippen LogP contribution in [0.2, 0.25) is 0 Å². The van der Waals surface area contributed by atoms with Crippen LogP contribution >= 0.6 is 11.8 Å². The molecule has 0 aromatic heterocycles. The molecule has 0 atom stereocenters. The maximum absolute atomic E-state index is 13.4. The number of hydrogen-bond donors (Lipinski definition) is 1. The molecule has 168 valence electrons. The van der Waals surface area contributed by atoms with E-state index in [4.69, 9.17) is 5.26 Å². The van der Waals surface area contributed by atoms with Crippen molar-refractivity contribution in [2.45, 2.75) is 70.1 Å². The largest absolute Gasteiger partial charge is 0.507 e. The quantitative estimate of drug-likeness (QED) is 0.414. The summed E-state index contributed by atoms with van der Waals surface area (Å²) in [7, 11) is 0. The predicted octanol–water partition coefficient (Wildman–Crippen LogP) is 6.77. The number of para-hydroxylation sites is 1. The van der Waals surface area contributed by atoms with Crippen molar-refractivity contribution >= 4 is 29.4 Å². The second kappa shape index (κ2) is 9.03. The van der Waals surface area contributed by atoms with Crippen molar-refractivity contribution < 1.29 is 9.90 Å². The van der Waals surface area contributed by atoms with E-state index in [0.29, 0.717) is 30.0 Å². The Kier molecular flexibility index (Phi) is 6.76. The molecule has 1 aliphatic rings. The van der Waals surface area contributed by atoms with Crippen molar-refractivity contribution in [2.24, 2.45) is 0 Å². The average Bonchev–Trinajstić information content (AvgIpc) is 2.70. The number of nitrogens with zero attached hydrogens (tertiary/aromatic N) is 2. The van der Waals surface area contributed by atoms with Crippen LogP contribution in [0.3, 0.4) is 0 Å². The molecule has 3 rings (SSSR count). The third kappa shape index (κ3) is 5.02. The Bertz CT molecular complexity index is 1060. The molecule has 0 fully saturated rings. The third-order valence-electron chi connectivity index (χ3n) is 5.55. The molecule has 0 bridgehead atoms. The highest BCUT2D eigenvalue weighted by Crippen LogP contribution is 2.44. The number of unbranched alkanes of at least 4 members (excludes halogenated alkanes) is 1. The SMILES string of the molecule is CC(C)(C)c1cc(C=C2Sc3ccccc3N(CCCC#N)C2=O)cc(C(C)(C)C)c1O. The minimum absolute atomic E-state index is 0.0469. The predicted molar refractivity (Wildman–Crippen MR) is 133 cm³/mol. The van der Waals surface area contributed by atoms with Crippen LogP contribution in [-0.2, 0) is 15.6 Å². The highest BCUT2D eigenvalue weighted by Gasteiger charge is 2.30. The Morgan fingerprint density at radius 2 is 1.66 bits per heavy atom. The summed E-state index contributed by atoms with van der Waals surface area (Å²) in [6.07, 6.45) is 2.99. The van der Waals surface area contributed by atoms with Gasteiger partial charge in [-0.15, -0.1) is 0 Å². The second-order valence-electron chi connectivity index (χ2n) is 10.3. The van der Waals surface area contributed by atoms with Crippen LogP contribution in [0.5, 0.6) is 5.75 Å². The molecule has 0 saturated heterocycles. The molecular formula is C27H32N2O2S. The minimum Gasteiger partial charge on any atom is -0.507 e. The van der Waals surface area contributed by atoms with E-state index in [2.05, 4.69) is 47.6 Å². The van der Waals surface area contributed by atoms with Crippen LogP contribution in [0.4, 0.5) is 5.69 Å². The number of amides is 1. The molecule has 5 heteroatoms. The van der Waals surface area contributed by atoms with Gasteiger partial charge in [-0.3, -0.25) is 4.79 Å². The van der Waals surface area contributed by atoms with E-state index in [0.717, 1.165) is 27.3 Å². The van der Waals surface area contributed by atoms with Crippen LogP contribution in [-0.4, -0.2) is 17.6 Å². The molecule has 1 heterocycles. The van der Waals surface area contributed by atoms with Gasteiger partial charge in [0.25, 0.3) is 5.91 Å². The first-order chi connectivity index (χ1) is 14.9. The fourth-order valence-electron chi connectivity index (χ4n) is 3.84. The van der Waals surface area contributed by atoms with E-state index in [1.165, 1.54) is 11.8 Å². The van der Waals surface area contributed by atoms with E-state index < -0.39 is 0 Å². The number of nitriles is 1. The van der Waals surface area contributed by atoms with Crippen LogP contribution in [0.25, 0.3) is 6.08 Å². The van der Waals surface area contributed by atoms with Gasteiger partial charge in [0.15, 0.2) is 0 Å². The average molecular weight is 449 g/mol. The fourth-order valence-corrected chi connectivity index (χ4v) is 4.89. The Morgan fingerprint density at radius 1 is 1.06 bits per heavy atom. The van der Waals surface area contributed by atoms with Crippen molar-refractivity contribution in [1.29, 1.82) is 5.26 Å². The zero-order valence-corrected chi connectivity index (χ0v) is 20.6. The standard InChI is InChI=1S/C27H32N2O2S/c1-26(2,3)19-15-18(16-20(24(19)30)27(4,5)6)17-23-25(31)29(14-10-9-13-28)21-11-7-8-12-22(21)32-23/h7-8,11-12,15-17,30H,9-10,14H2,1-6H3. The van der Waals surface area contributed by atoms with Gasteiger partial charge in [0, 0.05) is 29.0 Å². The normalized spacial score (nSPS) is 15.6. The number of carbonyl (C=O) groups is 1. The molecule has 1 N–H and O–H groups in total. The first-order valence-electron chi connectivity index (χ1n) is 11.0. The zero-order chi connectivity index (χ0) is 23.7. The first-order valence-corrected chi connectivity index (χ1v) is 11.8. The highest BCUT2D eigenvalue weighted by atomic mass is 32.2. The molecule has 0 spiro atoms. The Morgan fingerprint density at radius 3 is 2.22 bits per heavy atom. The van der Waals surface area contributed by atoms with E-state index in [9.17, 15) is 9.90 Å². The molecule has 1 aliphatic heterocycles. The number of phenols is 1. The van der Waals surface area contributed by atoms with Crippen LogP contribution < -0.4 is 4.90 Å². The molecule has 0 aliphatic carbocycles. The van der Waals surface area contributed by atoms with Gasteiger partial charge in [-0.05, 0) is 53.2 Å². The van der Waals surface area contributed by atoms with Gasteiger partial charge in [0.05, 0.1) is 16.7 Å². The van der Waals surface area contributed by atoms with Gasteiger partial charge in [-0.1, -0.05) is 65.4 Å². The maximum Gasteiger partial charge on any atom is 0.265 e. The lowest BCUT2D eigenvalue weighted by Crippen LogP contribution is -2.35. The smallest absolute Gasteiger partial charge is 0.265 e. The molecule has 32 heavy (non-hydrogen) atoms. The van der Waals surface area contributed by atoms with Crippen LogP contribution in [0, 0.1) is 11.3 Å². The number of phenolic OH excluding ortho intramolecular Hbond substituents is 1. The number of thioether (sulfide) groups is 1. The molecular weight excluding hydrogens is 416 g/mol. The van der Waals surface area contributed by atoms with E-state index in [-0.39, 0.29) is 16.7 Å². The summed E-state index contributed by atoms with van der Waals surface area (Å²) < 4.78 is 0. The van der Waals surface area contributed by atoms with Crippen molar-refractivity contribution in [3.05, 3.63) is 58.0 Å². The van der Waals surface area contributed by atoms with E-state index >= 15 is 0 Å². The number of aromatic hydroxyl groups is 1. The van der Waals surface area contributed by atoms with E-state index in [1.807, 2.05) is 42.5 Å². The summed E-state index contributed by atoms with van der Waals surface area (Å²) in [5, 5.41) is 19.9. The summed E-state index contributed by atoms with van der Waals surface area (Å²) in [6, 6.07) is 14.0. The second-order valence-corrected chi connectivity index (χ2v) is 11.3. The molecule has 4 nitrogen and oxygen atoms in total. The molecule has 2 aromatic carbocycles. The first kappa shape index (κ1) is 23.9. The summed E-state index contributed by atoms with van der Waals surface area (Å²) in [5.41, 5.74) is 3.07. The molecule has 0 unspecified atom stereocenters. The highest BCUT2D eigenvalue weighted by molar-refractivity contribution is 8.04. The van der Waals surface area contributed by atoms with Gasteiger partial charge in [-0.25, -0.2) is 0 Å². The Balaban J connectivity index is 2.11. The minimum atomic E-state index is -0.238. The molecule has 1 amide bonds. The van der Waals surface area contributed by atoms with Gasteiger partial charge in [-0.2, -0.15) is 5.26 Å². The molecule has 0 saturated carbocycles. The Labute approximate surface area is 195 Å². The number of carbonyl (C=O) groups excluding carboxylic acids is 1. The Hall–Kier alpha value is -2.71. The van der Waals surface area contributed by atoms with E-state index in [1.54, 1.807) is 4.90 Å². The summed E-state index contributed by atoms with van der Waals surface area (Å²) in [5.74, 6) is 0.285. The topological polar surface area (TPSA) is 64.3 Å². The van der Waals surface area contributed by atoms with Crippen molar-refractivity contribution in [2.75, 3.05) is 11.4 Å². The van der Waals surface area contributed by atoms with Gasteiger partial charge < -0.3 is 10.0 Å². The van der Waals surface area contributed by atoms with Crippen molar-refractivity contribution in [3.8, 4) is 11.8 Å². The molecule has 2 aromatic rings. The van der Waals surface area contributed by atoms with Gasteiger partial charge in [0.2, 0.25) is 0 Å². The summed E-state index contributed by atoms with van der Waals surface area (Å²) in [4.78, 5) is 16.9. The van der Waals surface area contributed by atoms with Crippen LogP contribution in [0.1, 0.15) is 71.1 Å². The molecule has 0 radical (unpaired) electrons.